The third-order valence-corrected chi connectivity index (χ3v) is 4.47. The molecule has 0 radical (unpaired) electrons. The van der Waals surface area contributed by atoms with E-state index >= 15 is 0 Å². The average molecular weight is 276 g/mol. The van der Waals surface area contributed by atoms with E-state index in [0.717, 1.165) is 0 Å². The van der Waals surface area contributed by atoms with Crippen LogP contribution in [0.4, 0.5) is 0 Å². The van der Waals surface area contributed by atoms with Gasteiger partial charge in [-0.25, -0.2) is 0 Å². The fourth-order valence-corrected chi connectivity index (χ4v) is 3.31. The molecule has 110 valence electrons. The fraction of sp³-hybridized carbons (Fsp3) is 0.750. The zero-order valence-corrected chi connectivity index (χ0v) is 13.4. The molecule has 0 bridgehead atoms. The molecule has 0 fully saturated rings. The number of carbonyl (C=O) groups excluding carboxylic acids is 2. The van der Waals surface area contributed by atoms with Crippen molar-refractivity contribution in [3.63, 3.8) is 0 Å². The van der Waals surface area contributed by atoms with E-state index in [1.807, 2.05) is 48.5 Å². The maximum atomic E-state index is 13.1. The first-order chi connectivity index (χ1) is 8.93. The van der Waals surface area contributed by atoms with Crippen molar-refractivity contribution in [1.29, 1.82) is 0 Å². The summed E-state index contributed by atoms with van der Waals surface area (Å²) in [7, 11) is 0. The number of azo groups is 1. The Morgan fingerprint density at radius 1 is 1.10 bits per heavy atom. The second-order valence-electron chi connectivity index (χ2n) is 7.99. The highest BCUT2D eigenvalue weighted by Crippen LogP contribution is 2.52. The molecule has 2 aliphatic rings. The lowest BCUT2D eigenvalue weighted by atomic mass is 9.56. The first kappa shape index (κ1) is 15.1. The molecule has 0 aromatic heterocycles. The van der Waals surface area contributed by atoms with Gasteiger partial charge in [0.15, 0.2) is 17.1 Å². The van der Waals surface area contributed by atoms with Gasteiger partial charge in [-0.2, -0.15) is 10.2 Å². The van der Waals surface area contributed by atoms with Gasteiger partial charge in [0.05, 0.1) is 12.0 Å². The largest absolute Gasteiger partial charge is 0.294 e. The van der Waals surface area contributed by atoms with Crippen LogP contribution in [0.2, 0.25) is 0 Å². The fourth-order valence-electron chi connectivity index (χ4n) is 3.31. The van der Waals surface area contributed by atoms with E-state index in [0.29, 0.717) is 5.57 Å². The molecule has 20 heavy (non-hydrogen) atoms. The van der Waals surface area contributed by atoms with Gasteiger partial charge in [0.1, 0.15) is 0 Å². The van der Waals surface area contributed by atoms with Crippen LogP contribution in [0.5, 0.6) is 0 Å². The maximum Gasteiger partial charge on any atom is 0.190 e. The van der Waals surface area contributed by atoms with Crippen LogP contribution < -0.4 is 0 Å². The van der Waals surface area contributed by atoms with Crippen molar-refractivity contribution in [2.75, 3.05) is 0 Å². The van der Waals surface area contributed by atoms with Gasteiger partial charge in [0.2, 0.25) is 0 Å². The Balaban J connectivity index is 2.70. The minimum Gasteiger partial charge on any atom is -0.294 e. The molecule has 4 nitrogen and oxygen atoms in total. The van der Waals surface area contributed by atoms with Crippen LogP contribution in [0.1, 0.15) is 48.5 Å². The molecule has 0 saturated heterocycles. The van der Waals surface area contributed by atoms with Crippen molar-refractivity contribution in [2.45, 2.75) is 60.0 Å². The lowest BCUT2D eigenvalue weighted by Gasteiger charge is -2.45. The van der Waals surface area contributed by atoms with E-state index in [-0.39, 0.29) is 23.0 Å². The molecule has 1 aliphatic carbocycles. The van der Waals surface area contributed by atoms with Crippen molar-refractivity contribution in [3.05, 3.63) is 11.6 Å². The smallest absolute Gasteiger partial charge is 0.190 e. The van der Waals surface area contributed by atoms with E-state index in [2.05, 4.69) is 10.2 Å². The van der Waals surface area contributed by atoms with Gasteiger partial charge in [-0.1, -0.05) is 41.5 Å². The van der Waals surface area contributed by atoms with Crippen LogP contribution in [0, 0.1) is 16.7 Å². The Labute approximate surface area is 120 Å². The average Bonchev–Trinajstić information content (AvgIpc) is 2.61. The van der Waals surface area contributed by atoms with Gasteiger partial charge in [-0.15, -0.1) is 0 Å². The highest BCUT2D eigenvalue weighted by molar-refractivity contribution is 6.16. The molecule has 0 N–H and O–H groups in total. The number of Topliss-reactive ketones (excluding diaryl/α,β-unsaturated/α-hetero) is 1. The van der Waals surface area contributed by atoms with Gasteiger partial charge < -0.3 is 0 Å². The van der Waals surface area contributed by atoms with Gasteiger partial charge in [0.25, 0.3) is 0 Å². The molecule has 0 amide bonds. The Hall–Kier alpha value is -1.32. The molecule has 2 rings (SSSR count). The van der Waals surface area contributed by atoms with Gasteiger partial charge in [0, 0.05) is 5.57 Å². The summed E-state index contributed by atoms with van der Waals surface area (Å²) in [6, 6.07) is -0.233. The summed E-state index contributed by atoms with van der Waals surface area (Å²) in [5.74, 6) is -0.502. The first-order valence-corrected chi connectivity index (χ1v) is 7.16. The van der Waals surface area contributed by atoms with E-state index in [1.165, 1.54) is 6.08 Å². The van der Waals surface area contributed by atoms with Crippen molar-refractivity contribution in [1.82, 2.24) is 0 Å². The molecule has 0 unspecified atom stereocenters. The van der Waals surface area contributed by atoms with Crippen molar-refractivity contribution < 1.29 is 9.59 Å². The highest BCUT2D eigenvalue weighted by atomic mass is 16.1. The number of fused-ring (bicyclic) bond motifs is 1. The monoisotopic (exact) mass is 276 g/mol. The van der Waals surface area contributed by atoms with Crippen LogP contribution in [-0.4, -0.2) is 23.1 Å². The summed E-state index contributed by atoms with van der Waals surface area (Å²) in [5, 5.41) is 8.54. The summed E-state index contributed by atoms with van der Waals surface area (Å²) in [4.78, 5) is 25.7. The number of allylic oxidation sites excluding steroid dienone is 1. The second-order valence-corrected chi connectivity index (χ2v) is 7.99. The van der Waals surface area contributed by atoms with Crippen molar-refractivity contribution in [3.8, 4) is 0 Å². The Morgan fingerprint density at radius 2 is 1.65 bits per heavy atom. The van der Waals surface area contributed by atoms with Crippen LogP contribution >= 0.6 is 0 Å². The van der Waals surface area contributed by atoms with Crippen LogP contribution in [0.25, 0.3) is 0 Å². The van der Waals surface area contributed by atoms with Gasteiger partial charge in [-0.3, -0.25) is 9.59 Å². The standard InChI is InChI=1S/C16H24N2O2/c1-9-12-11(19)8-10(14(2,3)4)13(20)16(12,18-17-9)15(5,6)7/h8-9,12H,1-7H3/t9-,12+,16-/m0/s1. The quantitative estimate of drug-likeness (QED) is 0.681. The summed E-state index contributed by atoms with van der Waals surface area (Å²) < 4.78 is 0. The summed E-state index contributed by atoms with van der Waals surface area (Å²) in [6.45, 7) is 13.6. The SMILES string of the molecule is C[C@@H]1N=N[C@]2(C(C)(C)C)C(=O)C(C(C)(C)C)=CC(=O)[C@@H]12. The first-order valence-electron chi connectivity index (χ1n) is 7.16. The van der Waals surface area contributed by atoms with Crippen LogP contribution in [0.3, 0.4) is 0 Å². The number of carbonyl (C=O) groups is 2. The Bertz CT molecular complexity index is 532. The maximum absolute atomic E-state index is 13.1. The number of hydrogen-bond donors (Lipinski definition) is 0. The van der Waals surface area contributed by atoms with E-state index in [4.69, 9.17) is 0 Å². The predicted molar refractivity (Wildman–Crippen MR) is 77.5 cm³/mol. The summed E-state index contributed by atoms with van der Waals surface area (Å²) in [5.41, 5.74) is -1.27. The van der Waals surface area contributed by atoms with Crippen LogP contribution in [0.15, 0.2) is 21.9 Å². The second kappa shape index (κ2) is 4.09. The number of ketones is 2. The zero-order valence-electron chi connectivity index (χ0n) is 13.4. The normalized spacial score (nSPS) is 34.2. The number of rotatable bonds is 0. The number of hydrogen-bond acceptors (Lipinski definition) is 4. The summed E-state index contributed by atoms with van der Waals surface area (Å²) in [6.07, 6.45) is 1.53. The molecular weight excluding hydrogens is 252 g/mol. The Kier molecular flexibility index (Phi) is 3.08. The molecule has 0 aromatic carbocycles. The van der Waals surface area contributed by atoms with E-state index < -0.39 is 16.9 Å². The zero-order chi connectivity index (χ0) is 15.5. The van der Waals surface area contributed by atoms with E-state index in [1.54, 1.807) is 0 Å². The molecule has 3 atom stereocenters. The number of nitrogens with zero attached hydrogens (tertiary/aromatic N) is 2. The lowest BCUT2D eigenvalue weighted by molar-refractivity contribution is -0.136. The molecule has 0 spiro atoms. The van der Waals surface area contributed by atoms with Gasteiger partial charge in [-0.05, 0) is 23.8 Å². The van der Waals surface area contributed by atoms with Crippen molar-refractivity contribution >= 4 is 11.6 Å². The molecule has 0 saturated carbocycles. The molecule has 4 heteroatoms. The molecular formula is C16H24N2O2. The minimum atomic E-state index is -1.04. The highest BCUT2D eigenvalue weighted by Gasteiger charge is 2.64. The minimum absolute atomic E-state index is 0.0121. The Morgan fingerprint density at radius 3 is 2.10 bits per heavy atom. The lowest BCUT2D eigenvalue weighted by Crippen LogP contribution is -2.59. The molecule has 1 aliphatic heterocycles. The third-order valence-electron chi connectivity index (χ3n) is 4.47. The molecule has 0 aromatic rings. The third kappa shape index (κ3) is 1.80. The predicted octanol–water partition coefficient (Wildman–Crippen LogP) is 3.37. The topological polar surface area (TPSA) is 58.9 Å². The molecule has 1 heterocycles. The van der Waals surface area contributed by atoms with Gasteiger partial charge >= 0.3 is 0 Å². The summed E-state index contributed by atoms with van der Waals surface area (Å²) >= 11 is 0. The van der Waals surface area contributed by atoms with E-state index in [9.17, 15) is 9.59 Å². The van der Waals surface area contributed by atoms with Crippen molar-refractivity contribution in [2.24, 2.45) is 27.0 Å². The van der Waals surface area contributed by atoms with Crippen LogP contribution in [-0.2, 0) is 9.59 Å².